The van der Waals surface area contributed by atoms with Crippen molar-refractivity contribution in [3.05, 3.63) is 107 Å². The number of benzene rings is 2. The zero-order valence-corrected chi connectivity index (χ0v) is 21.7. The molecule has 3 heterocycles. The van der Waals surface area contributed by atoms with Crippen molar-refractivity contribution in [1.82, 2.24) is 14.9 Å². The Bertz CT molecular complexity index is 1590. The summed E-state index contributed by atoms with van der Waals surface area (Å²) in [6.07, 6.45) is 13.8. The Morgan fingerprint density at radius 3 is 2.46 bits per heavy atom. The second-order valence-corrected chi connectivity index (χ2v) is 11.4. The highest BCUT2D eigenvalue weighted by molar-refractivity contribution is 7.90. The number of nitrogens with zero attached hydrogens (tertiary/aromatic N) is 2. The molecule has 0 bridgehead atoms. The van der Waals surface area contributed by atoms with Gasteiger partial charge in [-0.2, -0.15) is 0 Å². The van der Waals surface area contributed by atoms with Gasteiger partial charge in [-0.25, -0.2) is 12.8 Å². The molecule has 0 unspecified atom stereocenters. The van der Waals surface area contributed by atoms with Crippen molar-refractivity contribution in [3.63, 3.8) is 0 Å². The Morgan fingerprint density at radius 2 is 1.81 bits per heavy atom. The fourth-order valence-electron chi connectivity index (χ4n) is 4.46. The number of halogens is 2. The molecule has 0 fully saturated rings. The molecule has 0 saturated heterocycles. The lowest BCUT2D eigenvalue weighted by Gasteiger charge is -2.25. The maximum atomic E-state index is 13.8. The molecule has 1 aliphatic rings. The zero-order valence-electron chi connectivity index (χ0n) is 20.2. The van der Waals surface area contributed by atoms with Crippen LogP contribution in [0.15, 0.2) is 90.4 Å². The van der Waals surface area contributed by atoms with Crippen molar-refractivity contribution in [2.75, 3.05) is 19.3 Å². The first-order chi connectivity index (χ1) is 17.8. The van der Waals surface area contributed by atoms with E-state index in [9.17, 15) is 12.8 Å². The Hall–Kier alpha value is -3.68. The molecule has 2 aromatic heterocycles. The summed E-state index contributed by atoms with van der Waals surface area (Å²) in [5, 5.41) is 0.0830. The molecule has 188 valence electrons. The van der Waals surface area contributed by atoms with Crippen LogP contribution in [0.2, 0.25) is 5.02 Å². The number of H-pyrrole nitrogens is 1. The van der Waals surface area contributed by atoms with E-state index in [1.165, 1.54) is 17.9 Å². The number of aromatic amines is 1. The molecule has 0 aliphatic carbocycles. The van der Waals surface area contributed by atoms with E-state index in [1.54, 1.807) is 36.7 Å². The van der Waals surface area contributed by atoms with Crippen LogP contribution in [0, 0.1) is 5.82 Å². The normalized spacial score (nSPS) is 14.2. The fraction of sp³-hybridized carbons (Fsp3) is 0.138. The van der Waals surface area contributed by atoms with E-state index in [-0.39, 0.29) is 5.02 Å². The smallest absolute Gasteiger partial charge is 0.175 e. The molecule has 5 nitrogen and oxygen atoms in total. The molecule has 0 amide bonds. The number of pyridine rings is 1. The highest BCUT2D eigenvalue weighted by Gasteiger charge is 2.20. The maximum Gasteiger partial charge on any atom is 0.175 e. The van der Waals surface area contributed by atoms with Crippen LogP contribution in [0.4, 0.5) is 4.39 Å². The Morgan fingerprint density at radius 1 is 1.05 bits per heavy atom. The number of aromatic nitrogens is 2. The van der Waals surface area contributed by atoms with Crippen molar-refractivity contribution in [3.8, 4) is 22.4 Å². The van der Waals surface area contributed by atoms with Gasteiger partial charge in [0.15, 0.2) is 9.84 Å². The van der Waals surface area contributed by atoms with Crippen LogP contribution in [0.1, 0.15) is 17.5 Å². The predicted octanol–water partition coefficient (Wildman–Crippen LogP) is 6.70. The Balaban J connectivity index is 1.40. The first kappa shape index (κ1) is 25.0. The highest BCUT2D eigenvalue weighted by atomic mass is 35.5. The van der Waals surface area contributed by atoms with Gasteiger partial charge in [-0.3, -0.25) is 4.98 Å². The van der Waals surface area contributed by atoms with Crippen molar-refractivity contribution < 1.29 is 12.8 Å². The Labute approximate surface area is 220 Å². The standard InChI is InChI=1S/C29H25ClFN3O2S/c1-37(35,36)24-5-2-20(3-6-24)10-15-34-16-11-21(12-17-34)25-19-33-29(23-4-7-27(31)26(30)18-23)28(25)22-8-13-32-14-9-22/h2-11,13-15,18-19,33H,12,16-17H2,1H3. The topological polar surface area (TPSA) is 66.1 Å². The summed E-state index contributed by atoms with van der Waals surface area (Å²) < 4.78 is 37.1. The lowest BCUT2D eigenvalue weighted by Crippen LogP contribution is -2.22. The van der Waals surface area contributed by atoms with Crippen molar-refractivity contribution in [2.24, 2.45) is 0 Å². The monoisotopic (exact) mass is 533 g/mol. The zero-order chi connectivity index (χ0) is 26.0. The van der Waals surface area contributed by atoms with E-state index in [4.69, 9.17) is 11.6 Å². The van der Waals surface area contributed by atoms with Gasteiger partial charge in [-0.1, -0.05) is 29.8 Å². The van der Waals surface area contributed by atoms with Crippen molar-refractivity contribution in [1.29, 1.82) is 0 Å². The van der Waals surface area contributed by atoms with E-state index in [2.05, 4.69) is 20.9 Å². The summed E-state index contributed by atoms with van der Waals surface area (Å²) in [6.45, 7) is 1.58. The van der Waals surface area contributed by atoms with Crippen LogP contribution in [-0.2, 0) is 9.84 Å². The summed E-state index contributed by atoms with van der Waals surface area (Å²) in [5.41, 5.74) is 7.01. The first-order valence-corrected chi connectivity index (χ1v) is 14.1. The van der Waals surface area contributed by atoms with Gasteiger partial charge in [0.05, 0.1) is 15.6 Å². The number of nitrogens with one attached hydrogen (secondary N) is 1. The molecular weight excluding hydrogens is 509 g/mol. The van der Waals surface area contributed by atoms with Crippen LogP contribution in [0.5, 0.6) is 0 Å². The molecule has 0 spiro atoms. The molecule has 4 aromatic rings. The average molecular weight is 534 g/mol. The molecule has 0 atom stereocenters. The molecule has 5 rings (SSSR count). The third kappa shape index (κ3) is 5.53. The van der Waals surface area contributed by atoms with Crippen LogP contribution in [0.25, 0.3) is 34.0 Å². The number of rotatable bonds is 6. The quantitative estimate of drug-likeness (QED) is 0.299. The highest BCUT2D eigenvalue weighted by Crippen LogP contribution is 2.40. The van der Waals surface area contributed by atoms with Crippen LogP contribution < -0.4 is 0 Å². The lowest BCUT2D eigenvalue weighted by atomic mass is 9.92. The minimum atomic E-state index is -3.20. The first-order valence-electron chi connectivity index (χ1n) is 11.8. The van der Waals surface area contributed by atoms with E-state index < -0.39 is 15.7 Å². The van der Waals surface area contributed by atoms with Gasteiger partial charge < -0.3 is 9.88 Å². The van der Waals surface area contributed by atoms with Gasteiger partial charge in [0.25, 0.3) is 0 Å². The molecule has 1 N–H and O–H groups in total. The summed E-state index contributed by atoms with van der Waals surface area (Å²) in [5.74, 6) is -0.447. The average Bonchev–Trinajstić information content (AvgIpc) is 3.35. The largest absolute Gasteiger partial charge is 0.373 e. The molecule has 2 aromatic carbocycles. The molecule has 8 heteroatoms. The van der Waals surface area contributed by atoms with E-state index in [0.717, 1.165) is 53.0 Å². The van der Waals surface area contributed by atoms with Crippen molar-refractivity contribution >= 4 is 33.1 Å². The van der Waals surface area contributed by atoms with E-state index in [1.807, 2.05) is 42.7 Å². The Kier molecular flexibility index (Phi) is 7.00. The summed E-state index contributed by atoms with van der Waals surface area (Å²) in [7, 11) is -3.20. The van der Waals surface area contributed by atoms with E-state index >= 15 is 0 Å². The van der Waals surface area contributed by atoms with Gasteiger partial charge in [0, 0.05) is 54.6 Å². The van der Waals surface area contributed by atoms with E-state index in [0.29, 0.717) is 4.90 Å². The van der Waals surface area contributed by atoms with Gasteiger partial charge >= 0.3 is 0 Å². The second-order valence-electron chi connectivity index (χ2n) is 8.95. The lowest BCUT2D eigenvalue weighted by molar-refractivity contribution is 0.416. The molecular formula is C29H25ClFN3O2S. The summed E-state index contributed by atoms with van der Waals surface area (Å²) in [6, 6.07) is 15.6. The SMILES string of the molecule is CS(=O)(=O)c1ccc(C=CN2CC=C(c3c[nH]c(-c4ccc(F)c(Cl)c4)c3-c3ccncc3)CC2)cc1. The van der Waals surface area contributed by atoms with Crippen LogP contribution >= 0.6 is 11.6 Å². The predicted molar refractivity (Wildman–Crippen MR) is 147 cm³/mol. The summed E-state index contributed by atoms with van der Waals surface area (Å²) in [4.78, 5) is 10.1. The molecule has 0 saturated carbocycles. The summed E-state index contributed by atoms with van der Waals surface area (Å²) >= 11 is 6.09. The van der Waals surface area contributed by atoms with Crippen molar-refractivity contribution in [2.45, 2.75) is 11.3 Å². The number of sulfone groups is 1. The number of hydrogen-bond acceptors (Lipinski definition) is 4. The maximum absolute atomic E-state index is 13.8. The van der Waals surface area contributed by atoms with Gasteiger partial charge in [-0.05, 0) is 77.9 Å². The fourth-order valence-corrected chi connectivity index (χ4v) is 5.27. The molecule has 0 radical (unpaired) electrons. The van der Waals surface area contributed by atoms with Crippen LogP contribution in [-0.4, -0.2) is 42.6 Å². The van der Waals surface area contributed by atoms with Gasteiger partial charge in [0.1, 0.15) is 5.82 Å². The van der Waals surface area contributed by atoms with Gasteiger partial charge in [0.2, 0.25) is 0 Å². The molecule has 37 heavy (non-hydrogen) atoms. The third-order valence-corrected chi connectivity index (χ3v) is 7.85. The minimum Gasteiger partial charge on any atom is -0.373 e. The minimum absolute atomic E-state index is 0.0830. The second kappa shape index (κ2) is 10.4. The number of hydrogen-bond donors (Lipinski definition) is 1. The van der Waals surface area contributed by atoms with Gasteiger partial charge in [-0.15, -0.1) is 0 Å². The van der Waals surface area contributed by atoms with Crippen LogP contribution in [0.3, 0.4) is 0 Å². The third-order valence-electron chi connectivity index (χ3n) is 6.43. The molecule has 1 aliphatic heterocycles.